The fraction of sp³-hybridized carbons (Fsp3) is 0.571. The SMILES string of the molecule is O=C(NCCC1=CCCCC1)C1CCCN(Cc2c(F)cccc2Cl)C1. The van der Waals surface area contributed by atoms with Crippen LogP contribution < -0.4 is 5.32 Å². The first-order valence-corrected chi connectivity index (χ1v) is 10.1. The number of piperidine rings is 1. The van der Waals surface area contributed by atoms with Gasteiger partial charge in [-0.05, 0) is 63.6 Å². The van der Waals surface area contributed by atoms with E-state index in [1.807, 2.05) is 0 Å². The van der Waals surface area contributed by atoms with E-state index in [9.17, 15) is 9.18 Å². The quantitative estimate of drug-likeness (QED) is 0.728. The second-order valence-electron chi connectivity index (χ2n) is 7.42. The number of nitrogens with one attached hydrogen (secondary N) is 1. The molecular formula is C21H28ClFN2O. The smallest absolute Gasteiger partial charge is 0.224 e. The maximum Gasteiger partial charge on any atom is 0.224 e. The van der Waals surface area contributed by atoms with Crippen molar-refractivity contribution < 1.29 is 9.18 Å². The molecule has 0 bridgehead atoms. The molecule has 1 aromatic carbocycles. The van der Waals surface area contributed by atoms with Crippen molar-refractivity contribution in [2.45, 2.75) is 51.5 Å². The Balaban J connectivity index is 1.48. The Hall–Kier alpha value is -1.39. The third kappa shape index (κ3) is 5.31. The Morgan fingerprint density at radius 1 is 1.31 bits per heavy atom. The van der Waals surface area contributed by atoms with Crippen LogP contribution in [0, 0.1) is 11.7 Å². The summed E-state index contributed by atoms with van der Waals surface area (Å²) in [7, 11) is 0. The molecule has 1 aromatic rings. The molecule has 0 aromatic heterocycles. The zero-order chi connectivity index (χ0) is 18.4. The van der Waals surface area contributed by atoms with Gasteiger partial charge in [-0.15, -0.1) is 0 Å². The zero-order valence-corrected chi connectivity index (χ0v) is 16.0. The van der Waals surface area contributed by atoms with Crippen LogP contribution in [0.2, 0.25) is 5.02 Å². The number of benzene rings is 1. The van der Waals surface area contributed by atoms with Crippen LogP contribution in [0.5, 0.6) is 0 Å². The van der Waals surface area contributed by atoms with Gasteiger partial charge in [0.2, 0.25) is 5.91 Å². The molecule has 0 spiro atoms. The van der Waals surface area contributed by atoms with Crippen molar-refractivity contribution in [1.29, 1.82) is 0 Å². The van der Waals surface area contributed by atoms with E-state index in [0.29, 0.717) is 23.7 Å². The molecule has 5 heteroatoms. The Kier molecular flexibility index (Phi) is 7.09. The van der Waals surface area contributed by atoms with Gasteiger partial charge in [-0.3, -0.25) is 9.69 Å². The van der Waals surface area contributed by atoms with Gasteiger partial charge in [0.25, 0.3) is 0 Å². The first kappa shape index (κ1) is 19.4. The standard InChI is InChI=1S/C21H28ClFN2O/c22-19-9-4-10-20(23)18(19)15-25-13-5-8-17(14-25)21(26)24-12-11-16-6-2-1-3-7-16/h4,6,9-10,17H,1-3,5,7-8,11-15H2,(H,24,26). The second-order valence-corrected chi connectivity index (χ2v) is 7.83. The van der Waals surface area contributed by atoms with Crippen molar-refractivity contribution >= 4 is 17.5 Å². The lowest BCUT2D eigenvalue weighted by Crippen LogP contribution is -2.43. The third-order valence-electron chi connectivity index (χ3n) is 5.45. The maximum absolute atomic E-state index is 14.0. The van der Waals surface area contributed by atoms with Gasteiger partial charge in [-0.1, -0.05) is 29.3 Å². The number of halogens is 2. The lowest BCUT2D eigenvalue weighted by molar-refractivity contribution is -0.126. The number of carbonyl (C=O) groups excluding carboxylic acids is 1. The fourth-order valence-corrected chi connectivity index (χ4v) is 4.17. The summed E-state index contributed by atoms with van der Waals surface area (Å²) in [6.45, 7) is 2.73. The van der Waals surface area contributed by atoms with Crippen molar-refractivity contribution in [3.63, 3.8) is 0 Å². The fourth-order valence-electron chi connectivity index (χ4n) is 3.94. The summed E-state index contributed by atoms with van der Waals surface area (Å²) in [4.78, 5) is 14.7. The predicted octanol–water partition coefficient (Wildman–Crippen LogP) is 4.70. The summed E-state index contributed by atoms with van der Waals surface area (Å²) in [5.74, 6) is -0.162. The molecule has 0 saturated carbocycles. The van der Waals surface area contributed by atoms with E-state index in [1.165, 1.54) is 37.3 Å². The lowest BCUT2D eigenvalue weighted by Gasteiger charge is -2.32. The summed E-state index contributed by atoms with van der Waals surface area (Å²) < 4.78 is 14.0. The maximum atomic E-state index is 14.0. The van der Waals surface area contributed by atoms with Crippen molar-refractivity contribution in [3.8, 4) is 0 Å². The number of allylic oxidation sites excluding steroid dienone is 1. The van der Waals surface area contributed by atoms with Crippen LogP contribution in [-0.2, 0) is 11.3 Å². The van der Waals surface area contributed by atoms with Gasteiger partial charge in [0, 0.05) is 30.2 Å². The van der Waals surface area contributed by atoms with Gasteiger partial charge in [0.1, 0.15) is 5.82 Å². The summed E-state index contributed by atoms with van der Waals surface area (Å²) in [5.41, 5.74) is 2.01. The van der Waals surface area contributed by atoms with Crippen LogP contribution in [0.4, 0.5) is 4.39 Å². The Labute approximate surface area is 160 Å². The highest BCUT2D eigenvalue weighted by atomic mass is 35.5. The molecule has 2 aliphatic rings. The van der Waals surface area contributed by atoms with Gasteiger partial charge >= 0.3 is 0 Å². The second kappa shape index (κ2) is 9.52. The van der Waals surface area contributed by atoms with E-state index in [4.69, 9.17) is 11.6 Å². The summed E-state index contributed by atoms with van der Waals surface area (Å²) in [5, 5.41) is 3.56. The van der Waals surface area contributed by atoms with Gasteiger partial charge in [0.15, 0.2) is 0 Å². The third-order valence-corrected chi connectivity index (χ3v) is 5.80. The Morgan fingerprint density at radius 2 is 2.19 bits per heavy atom. The normalized spacial score (nSPS) is 21.3. The van der Waals surface area contributed by atoms with Gasteiger partial charge in [-0.25, -0.2) is 4.39 Å². The van der Waals surface area contributed by atoms with E-state index >= 15 is 0 Å². The minimum Gasteiger partial charge on any atom is -0.356 e. The largest absolute Gasteiger partial charge is 0.356 e. The van der Waals surface area contributed by atoms with E-state index in [-0.39, 0.29) is 17.6 Å². The molecule has 3 nitrogen and oxygen atoms in total. The van der Waals surface area contributed by atoms with Crippen LogP contribution in [0.15, 0.2) is 29.8 Å². The molecule has 1 aliphatic carbocycles. The summed E-state index contributed by atoms with van der Waals surface area (Å²) >= 11 is 6.14. The van der Waals surface area contributed by atoms with Gasteiger partial charge in [-0.2, -0.15) is 0 Å². The summed E-state index contributed by atoms with van der Waals surface area (Å²) in [6.07, 6.45) is 10.1. The van der Waals surface area contributed by atoms with Crippen LogP contribution >= 0.6 is 11.6 Å². The Morgan fingerprint density at radius 3 is 2.96 bits per heavy atom. The number of amides is 1. The van der Waals surface area contributed by atoms with E-state index in [1.54, 1.807) is 12.1 Å². The van der Waals surface area contributed by atoms with Gasteiger partial charge in [0.05, 0.1) is 5.92 Å². The van der Waals surface area contributed by atoms with Crippen molar-refractivity contribution in [3.05, 3.63) is 46.3 Å². The zero-order valence-electron chi connectivity index (χ0n) is 15.3. The average Bonchev–Trinajstić information content (AvgIpc) is 2.66. The van der Waals surface area contributed by atoms with E-state index in [2.05, 4.69) is 16.3 Å². The molecule has 26 heavy (non-hydrogen) atoms. The highest BCUT2D eigenvalue weighted by Gasteiger charge is 2.26. The van der Waals surface area contributed by atoms with Crippen LogP contribution in [0.25, 0.3) is 0 Å². The van der Waals surface area contributed by atoms with Crippen LogP contribution in [0.3, 0.4) is 0 Å². The molecule has 0 radical (unpaired) electrons. The minimum atomic E-state index is -0.273. The van der Waals surface area contributed by atoms with Crippen molar-refractivity contribution in [2.75, 3.05) is 19.6 Å². The summed E-state index contributed by atoms with van der Waals surface area (Å²) in [6, 6.07) is 4.78. The topological polar surface area (TPSA) is 32.3 Å². The molecule has 1 N–H and O–H groups in total. The number of hydrogen-bond donors (Lipinski definition) is 1. The first-order valence-electron chi connectivity index (χ1n) is 9.74. The molecule has 3 rings (SSSR count). The van der Waals surface area contributed by atoms with Gasteiger partial charge < -0.3 is 5.32 Å². The molecule has 1 fully saturated rings. The van der Waals surface area contributed by atoms with Crippen LogP contribution in [-0.4, -0.2) is 30.4 Å². The lowest BCUT2D eigenvalue weighted by atomic mass is 9.95. The first-order chi connectivity index (χ1) is 12.6. The number of rotatable bonds is 6. The monoisotopic (exact) mass is 378 g/mol. The van der Waals surface area contributed by atoms with E-state index < -0.39 is 0 Å². The highest BCUT2D eigenvalue weighted by Crippen LogP contribution is 2.24. The number of hydrogen-bond acceptors (Lipinski definition) is 2. The molecule has 1 unspecified atom stereocenters. The molecule has 1 saturated heterocycles. The molecule has 1 atom stereocenters. The molecular weight excluding hydrogens is 351 g/mol. The van der Waals surface area contributed by atoms with E-state index in [0.717, 1.165) is 32.4 Å². The van der Waals surface area contributed by atoms with Crippen molar-refractivity contribution in [1.82, 2.24) is 10.2 Å². The number of carbonyl (C=O) groups is 1. The molecule has 1 aliphatic heterocycles. The predicted molar refractivity (Wildman–Crippen MR) is 104 cm³/mol. The van der Waals surface area contributed by atoms with Crippen LogP contribution in [0.1, 0.15) is 50.5 Å². The molecule has 142 valence electrons. The number of nitrogens with zero attached hydrogens (tertiary/aromatic N) is 1. The average molecular weight is 379 g/mol. The molecule has 1 amide bonds. The highest BCUT2D eigenvalue weighted by molar-refractivity contribution is 6.31. The minimum absolute atomic E-state index is 0.0189. The van der Waals surface area contributed by atoms with Crippen molar-refractivity contribution in [2.24, 2.45) is 5.92 Å². The number of likely N-dealkylation sites (tertiary alicyclic amines) is 1. The molecule has 1 heterocycles. The Bertz CT molecular complexity index is 641.